The average Bonchev–Trinajstić information content (AvgIpc) is 3.00. The van der Waals surface area contributed by atoms with Gasteiger partial charge in [0.15, 0.2) is 11.5 Å². The van der Waals surface area contributed by atoms with E-state index in [1.165, 1.54) is 5.56 Å². The van der Waals surface area contributed by atoms with Gasteiger partial charge in [-0.3, -0.25) is 0 Å². The fourth-order valence-electron chi connectivity index (χ4n) is 3.45. The van der Waals surface area contributed by atoms with Crippen LogP contribution in [0.1, 0.15) is 11.1 Å². The summed E-state index contributed by atoms with van der Waals surface area (Å²) in [6, 6.07) is 9.94. The number of hydrogen-bond acceptors (Lipinski definition) is 5. The number of aromatic nitrogens is 1. The maximum atomic E-state index is 5.50. The Morgan fingerprint density at radius 3 is 2.04 bits per heavy atom. The Hall–Kier alpha value is -2.95. The summed E-state index contributed by atoms with van der Waals surface area (Å²) in [7, 11) is 6.60. The third kappa shape index (κ3) is 2.27. The first-order valence-corrected chi connectivity index (χ1v) is 8.00. The molecule has 0 saturated carbocycles. The number of benzene rings is 2. The molecular formula is C20H19NO4. The molecule has 0 aliphatic heterocycles. The standard InChI is InChI=1S/C20H19NO4/c1-22-15-5-6-16(23-2)20-14(15)8-12-7-11-9-17(24-3)18(25-4)10-13(11)19(12)21-20/h5-6,8-10H,7H2,1-4H3. The first kappa shape index (κ1) is 15.6. The van der Waals surface area contributed by atoms with Crippen molar-refractivity contribution in [2.24, 2.45) is 0 Å². The van der Waals surface area contributed by atoms with Crippen molar-refractivity contribution in [1.29, 1.82) is 0 Å². The summed E-state index contributed by atoms with van der Waals surface area (Å²) in [5.74, 6) is 2.95. The second-order valence-corrected chi connectivity index (χ2v) is 5.90. The Balaban J connectivity index is 1.98. The minimum atomic E-state index is 0.702. The number of ether oxygens (including phenoxy) is 4. The fraction of sp³-hybridized carbons (Fsp3) is 0.250. The van der Waals surface area contributed by atoms with Crippen molar-refractivity contribution in [1.82, 2.24) is 4.98 Å². The lowest BCUT2D eigenvalue weighted by atomic mass is 10.1. The van der Waals surface area contributed by atoms with E-state index in [2.05, 4.69) is 6.07 Å². The van der Waals surface area contributed by atoms with Crippen molar-refractivity contribution in [2.75, 3.05) is 28.4 Å². The van der Waals surface area contributed by atoms with E-state index in [1.54, 1.807) is 28.4 Å². The maximum absolute atomic E-state index is 5.50. The number of hydrogen-bond donors (Lipinski definition) is 0. The highest BCUT2D eigenvalue weighted by Gasteiger charge is 2.25. The van der Waals surface area contributed by atoms with Crippen LogP contribution in [0.25, 0.3) is 22.2 Å². The zero-order chi connectivity index (χ0) is 17.6. The molecule has 0 bridgehead atoms. The van der Waals surface area contributed by atoms with Gasteiger partial charge >= 0.3 is 0 Å². The summed E-state index contributed by atoms with van der Waals surface area (Å²) in [5, 5.41) is 0.951. The molecule has 0 saturated heterocycles. The molecule has 5 nitrogen and oxygen atoms in total. The molecule has 0 fully saturated rings. The first-order valence-electron chi connectivity index (χ1n) is 8.00. The van der Waals surface area contributed by atoms with Crippen LogP contribution in [0.2, 0.25) is 0 Å². The zero-order valence-corrected chi connectivity index (χ0v) is 14.7. The van der Waals surface area contributed by atoms with Crippen LogP contribution in [-0.4, -0.2) is 33.4 Å². The molecule has 0 unspecified atom stereocenters. The summed E-state index contributed by atoms with van der Waals surface area (Å²) in [6.45, 7) is 0. The van der Waals surface area contributed by atoms with E-state index in [-0.39, 0.29) is 0 Å². The van der Waals surface area contributed by atoms with Crippen molar-refractivity contribution in [3.63, 3.8) is 0 Å². The number of rotatable bonds is 4. The normalized spacial score (nSPS) is 11.8. The van der Waals surface area contributed by atoms with Gasteiger partial charge in [-0.05, 0) is 41.5 Å². The molecular weight excluding hydrogens is 318 g/mol. The lowest BCUT2D eigenvalue weighted by molar-refractivity contribution is 0.355. The molecule has 0 amide bonds. The summed E-state index contributed by atoms with van der Waals surface area (Å²) < 4.78 is 21.9. The first-order chi connectivity index (χ1) is 12.2. The van der Waals surface area contributed by atoms with Gasteiger partial charge in [0.1, 0.15) is 17.0 Å². The van der Waals surface area contributed by atoms with Gasteiger partial charge in [0, 0.05) is 17.4 Å². The Morgan fingerprint density at radius 2 is 1.36 bits per heavy atom. The predicted octanol–water partition coefficient (Wildman–Crippen LogP) is 3.84. The average molecular weight is 337 g/mol. The SMILES string of the molecule is COc1cc2c(cc1OC)-c1nc3c(OC)ccc(OC)c3cc1C2. The highest BCUT2D eigenvalue weighted by molar-refractivity contribution is 5.94. The lowest BCUT2D eigenvalue weighted by Crippen LogP contribution is -1.94. The van der Waals surface area contributed by atoms with Crippen LogP contribution in [0.5, 0.6) is 23.0 Å². The van der Waals surface area contributed by atoms with Gasteiger partial charge < -0.3 is 18.9 Å². The molecule has 5 heteroatoms. The molecule has 1 heterocycles. The van der Waals surface area contributed by atoms with Crippen molar-refractivity contribution >= 4 is 10.9 Å². The second-order valence-electron chi connectivity index (χ2n) is 5.90. The van der Waals surface area contributed by atoms with Crippen LogP contribution in [0.4, 0.5) is 0 Å². The van der Waals surface area contributed by atoms with E-state index in [0.29, 0.717) is 5.75 Å². The fourth-order valence-corrected chi connectivity index (χ4v) is 3.45. The third-order valence-electron chi connectivity index (χ3n) is 4.67. The largest absolute Gasteiger partial charge is 0.496 e. The molecule has 3 aromatic rings. The molecule has 2 aromatic carbocycles. The van der Waals surface area contributed by atoms with Crippen LogP contribution in [-0.2, 0) is 6.42 Å². The molecule has 128 valence electrons. The van der Waals surface area contributed by atoms with E-state index >= 15 is 0 Å². The Labute approximate surface area is 146 Å². The van der Waals surface area contributed by atoms with Gasteiger partial charge in [-0.15, -0.1) is 0 Å². The molecule has 4 rings (SSSR count). The molecule has 1 aliphatic rings. The number of pyridine rings is 1. The quantitative estimate of drug-likeness (QED) is 0.566. The van der Waals surface area contributed by atoms with E-state index in [1.807, 2.05) is 24.3 Å². The van der Waals surface area contributed by atoms with Crippen molar-refractivity contribution in [3.8, 4) is 34.3 Å². The van der Waals surface area contributed by atoms with Gasteiger partial charge in [-0.1, -0.05) is 0 Å². The third-order valence-corrected chi connectivity index (χ3v) is 4.67. The molecule has 1 aliphatic carbocycles. The van der Waals surface area contributed by atoms with Crippen LogP contribution in [0, 0.1) is 0 Å². The Morgan fingerprint density at radius 1 is 0.720 bits per heavy atom. The van der Waals surface area contributed by atoms with Gasteiger partial charge in [0.2, 0.25) is 0 Å². The molecule has 0 spiro atoms. The van der Waals surface area contributed by atoms with Crippen LogP contribution in [0.15, 0.2) is 30.3 Å². The topological polar surface area (TPSA) is 49.8 Å². The van der Waals surface area contributed by atoms with Gasteiger partial charge in [0.05, 0.1) is 34.1 Å². The van der Waals surface area contributed by atoms with Gasteiger partial charge in [-0.2, -0.15) is 0 Å². The van der Waals surface area contributed by atoms with E-state index in [9.17, 15) is 0 Å². The minimum Gasteiger partial charge on any atom is -0.496 e. The van der Waals surface area contributed by atoms with Crippen molar-refractivity contribution in [2.45, 2.75) is 6.42 Å². The lowest BCUT2D eigenvalue weighted by Gasteiger charge is -2.12. The highest BCUT2D eigenvalue weighted by Crippen LogP contribution is 2.44. The predicted molar refractivity (Wildman–Crippen MR) is 96.2 cm³/mol. The molecule has 0 atom stereocenters. The molecule has 25 heavy (non-hydrogen) atoms. The number of methoxy groups -OCH3 is 4. The zero-order valence-electron chi connectivity index (χ0n) is 14.7. The van der Waals surface area contributed by atoms with E-state index in [4.69, 9.17) is 23.9 Å². The van der Waals surface area contributed by atoms with Gasteiger partial charge in [0.25, 0.3) is 0 Å². The Bertz CT molecular complexity index is 981. The van der Waals surface area contributed by atoms with E-state index < -0.39 is 0 Å². The van der Waals surface area contributed by atoms with Crippen molar-refractivity contribution in [3.05, 3.63) is 41.5 Å². The molecule has 0 radical (unpaired) electrons. The van der Waals surface area contributed by atoms with Gasteiger partial charge in [-0.25, -0.2) is 4.98 Å². The van der Waals surface area contributed by atoms with Crippen LogP contribution >= 0.6 is 0 Å². The maximum Gasteiger partial charge on any atom is 0.161 e. The highest BCUT2D eigenvalue weighted by atomic mass is 16.5. The molecule has 0 N–H and O–H groups in total. The molecule has 1 aromatic heterocycles. The Kier molecular flexibility index (Phi) is 3.64. The monoisotopic (exact) mass is 337 g/mol. The summed E-state index contributed by atoms with van der Waals surface area (Å²) >= 11 is 0. The summed E-state index contributed by atoms with van der Waals surface area (Å²) in [5.41, 5.74) is 5.15. The smallest absolute Gasteiger partial charge is 0.161 e. The van der Waals surface area contributed by atoms with Crippen LogP contribution < -0.4 is 18.9 Å². The van der Waals surface area contributed by atoms with Crippen molar-refractivity contribution < 1.29 is 18.9 Å². The van der Waals surface area contributed by atoms with E-state index in [0.717, 1.165) is 51.4 Å². The second kappa shape index (κ2) is 5.84. The number of fused-ring (bicyclic) bond motifs is 4. The summed E-state index contributed by atoms with van der Waals surface area (Å²) in [6.07, 6.45) is 0.800. The minimum absolute atomic E-state index is 0.702. The van der Waals surface area contributed by atoms with Crippen LogP contribution in [0.3, 0.4) is 0 Å². The number of nitrogens with zero attached hydrogens (tertiary/aromatic N) is 1. The summed E-state index contributed by atoms with van der Waals surface area (Å²) in [4.78, 5) is 4.91.